The van der Waals surface area contributed by atoms with Gasteiger partial charge in [-0.2, -0.15) is 0 Å². The van der Waals surface area contributed by atoms with Crippen molar-refractivity contribution in [3.05, 3.63) is 0 Å². The summed E-state index contributed by atoms with van der Waals surface area (Å²) in [4.78, 5) is 0. The molecule has 0 bridgehead atoms. The maximum absolute atomic E-state index is 9.24. The second kappa shape index (κ2) is 4.60. The highest BCUT2D eigenvalue weighted by molar-refractivity contribution is 4.89. The minimum absolute atomic E-state index is 0.208. The second-order valence-corrected chi connectivity index (χ2v) is 4.60. The molecular weight excluding hydrogens is 180 g/mol. The molecule has 1 unspecified atom stereocenters. The summed E-state index contributed by atoms with van der Waals surface area (Å²) in [7, 11) is 0. The Hall–Kier alpha value is -0.120. The van der Waals surface area contributed by atoms with Crippen molar-refractivity contribution in [2.75, 3.05) is 19.8 Å². The lowest BCUT2D eigenvalue weighted by Gasteiger charge is -2.27. The van der Waals surface area contributed by atoms with E-state index < -0.39 is 0 Å². The van der Waals surface area contributed by atoms with Crippen molar-refractivity contribution in [1.29, 1.82) is 0 Å². The molecule has 1 aliphatic carbocycles. The van der Waals surface area contributed by atoms with Crippen molar-refractivity contribution in [1.82, 2.24) is 0 Å². The summed E-state index contributed by atoms with van der Waals surface area (Å²) in [5.74, 6) is 1.21. The molecule has 2 rings (SSSR count). The predicted octanol–water partition coefficient (Wildman–Crippen LogP) is 0.792. The van der Waals surface area contributed by atoms with Crippen LogP contribution in [-0.2, 0) is 4.74 Å². The summed E-state index contributed by atoms with van der Waals surface area (Å²) in [6.07, 6.45) is 4.68. The molecule has 2 aliphatic rings. The number of hydrogen-bond acceptors (Lipinski definition) is 3. The Labute approximate surface area is 85.1 Å². The van der Waals surface area contributed by atoms with Crippen LogP contribution in [0.2, 0.25) is 0 Å². The van der Waals surface area contributed by atoms with E-state index in [1.54, 1.807) is 0 Å². The lowest BCUT2D eigenvalue weighted by atomic mass is 9.84. The van der Waals surface area contributed by atoms with Gasteiger partial charge in [-0.3, -0.25) is 0 Å². The van der Waals surface area contributed by atoms with E-state index in [0.717, 1.165) is 25.9 Å². The van der Waals surface area contributed by atoms with Crippen LogP contribution in [0.4, 0.5) is 0 Å². The van der Waals surface area contributed by atoms with Crippen LogP contribution >= 0.6 is 0 Å². The minimum atomic E-state index is 0.208. The first-order valence-electron chi connectivity index (χ1n) is 5.70. The molecule has 1 heterocycles. The Morgan fingerprint density at radius 2 is 1.79 bits per heavy atom. The average Bonchev–Trinajstić information content (AvgIpc) is 2.85. The average molecular weight is 200 g/mol. The molecule has 2 fully saturated rings. The van der Waals surface area contributed by atoms with E-state index in [1.165, 1.54) is 6.42 Å². The van der Waals surface area contributed by atoms with Crippen LogP contribution in [0.5, 0.6) is 0 Å². The van der Waals surface area contributed by atoms with E-state index in [0.29, 0.717) is 17.8 Å². The van der Waals surface area contributed by atoms with Crippen molar-refractivity contribution in [3.63, 3.8) is 0 Å². The van der Waals surface area contributed by atoms with Gasteiger partial charge in [-0.25, -0.2) is 0 Å². The van der Waals surface area contributed by atoms with E-state index in [2.05, 4.69) is 0 Å². The zero-order valence-electron chi connectivity index (χ0n) is 8.56. The zero-order chi connectivity index (χ0) is 9.97. The van der Waals surface area contributed by atoms with Crippen LogP contribution < -0.4 is 0 Å². The van der Waals surface area contributed by atoms with Crippen molar-refractivity contribution in [2.24, 2.45) is 17.8 Å². The first-order valence-corrected chi connectivity index (χ1v) is 5.70. The van der Waals surface area contributed by atoms with E-state index in [-0.39, 0.29) is 19.3 Å². The molecular formula is C11H20O3. The van der Waals surface area contributed by atoms with E-state index >= 15 is 0 Å². The molecule has 3 nitrogen and oxygen atoms in total. The fraction of sp³-hybridized carbons (Fsp3) is 1.00. The molecule has 3 heteroatoms. The Kier molecular flexibility index (Phi) is 3.42. The van der Waals surface area contributed by atoms with Crippen LogP contribution in [0.15, 0.2) is 0 Å². The van der Waals surface area contributed by atoms with Crippen molar-refractivity contribution in [3.8, 4) is 0 Å². The van der Waals surface area contributed by atoms with Gasteiger partial charge in [0.15, 0.2) is 0 Å². The normalized spacial score (nSPS) is 43.3. The quantitative estimate of drug-likeness (QED) is 0.708. The van der Waals surface area contributed by atoms with Gasteiger partial charge in [0.2, 0.25) is 0 Å². The molecule has 82 valence electrons. The Bertz CT molecular complexity index is 163. The van der Waals surface area contributed by atoms with Crippen LogP contribution in [0.25, 0.3) is 0 Å². The Morgan fingerprint density at radius 3 is 2.50 bits per heavy atom. The van der Waals surface area contributed by atoms with E-state index in [1.807, 2.05) is 0 Å². The second-order valence-electron chi connectivity index (χ2n) is 4.60. The van der Waals surface area contributed by atoms with Crippen molar-refractivity contribution >= 4 is 0 Å². The highest BCUT2D eigenvalue weighted by atomic mass is 16.5. The van der Waals surface area contributed by atoms with Crippen molar-refractivity contribution < 1.29 is 14.9 Å². The zero-order valence-corrected chi connectivity index (χ0v) is 8.56. The van der Waals surface area contributed by atoms with Gasteiger partial charge in [0, 0.05) is 25.7 Å². The molecule has 1 saturated heterocycles. The standard InChI is InChI=1S/C11H20O3/c12-6-8-2-1-3-10(8)11-9(7-13)4-5-14-11/h8-13H,1-7H2/t8-,9+,10+,11?/m1/s1. The van der Waals surface area contributed by atoms with Gasteiger partial charge in [0.25, 0.3) is 0 Å². The van der Waals surface area contributed by atoms with E-state index in [4.69, 9.17) is 4.74 Å². The minimum Gasteiger partial charge on any atom is -0.396 e. The van der Waals surface area contributed by atoms with Gasteiger partial charge in [-0.1, -0.05) is 6.42 Å². The van der Waals surface area contributed by atoms with Crippen LogP contribution in [0.3, 0.4) is 0 Å². The molecule has 0 aromatic carbocycles. The smallest absolute Gasteiger partial charge is 0.0657 e. The van der Waals surface area contributed by atoms with Crippen LogP contribution in [-0.4, -0.2) is 36.1 Å². The summed E-state index contributed by atoms with van der Waals surface area (Å²) in [6.45, 7) is 1.30. The Balaban J connectivity index is 1.98. The molecule has 4 atom stereocenters. The molecule has 0 aromatic heterocycles. The number of aliphatic hydroxyl groups excluding tert-OH is 2. The van der Waals surface area contributed by atoms with Gasteiger partial charge in [-0.05, 0) is 31.1 Å². The van der Waals surface area contributed by atoms with Crippen LogP contribution in [0.1, 0.15) is 25.7 Å². The summed E-state index contributed by atoms with van der Waals surface area (Å²) in [6, 6.07) is 0. The predicted molar refractivity (Wildman–Crippen MR) is 52.8 cm³/mol. The first-order chi connectivity index (χ1) is 6.86. The van der Waals surface area contributed by atoms with Crippen molar-refractivity contribution in [2.45, 2.75) is 31.8 Å². The number of aliphatic hydroxyl groups is 2. The van der Waals surface area contributed by atoms with Gasteiger partial charge in [0.05, 0.1) is 6.10 Å². The van der Waals surface area contributed by atoms with Gasteiger partial charge in [-0.15, -0.1) is 0 Å². The fourth-order valence-electron chi connectivity index (χ4n) is 3.05. The monoisotopic (exact) mass is 200 g/mol. The molecule has 1 saturated carbocycles. The molecule has 0 spiro atoms. The molecule has 14 heavy (non-hydrogen) atoms. The third-order valence-electron chi connectivity index (χ3n) is 3.87. The number of hydrogen-bond donors (Lipinski definition) is 2. The van der Waals surface area contributed by atoms with E-state index in [9.17, 15) is 10.2 Å². The lowest BCUT2D eigenvalue weighted by Crippen LogP contribution is -2.32. The van der Waals surface area contributed by atoms with Crippen LogP contribution in [0, 0.1) is 17.8 Å². The number of ether oxygens (including phenoxy) is 1. The highest BCUT2D eigenvalue weighted by Crippen LogP contribution is 2.40. The van der Waals surface area contributed by atoms with Gasteiger partial charge in [0.1, 0.15) is 0 Å². The topological polar surface area (TPSA) is 49.7 Å². The number of rotatable bonds is 3. The largest absolute Gasteiger partial charge is 0.396 e. The molecule has 0 aromatic rings. The maximum atomic E-state index is 9.24. The summed E-state index contributed by atoms with van der Waals surface area (Å²) in [5.41, 5.74) is 0. The van der Waals surface area contributed by atoms with Gasteiger partial charge >= 0.3 is 0 Å². The maximum Gasteiger partial charge on any atom is 0.0657 e. The lowest BCUT2D eigenvalue weighted by molar-refractivity contribution is 0.00387. The summed E-state index contributed by atoms with van der Waals surface area (Å²) >= 11 is 0. The third-order valence-corrected chi connectivity index (χ3v) is 3.87. The third kappa shape index (κ3) is 1.81. The SMILES string of the molecule is OC[C@@H]1CCOC1[C@H]1CCC[C@@H]1CO. The summed E-state index contributed by atoms with van der Waals surface area (Å²) in [5, 5.41) is 18.5. The molecule has 2 N–H and O–H groups in total. The first kappa shape index (κ1) is 10.4. The molecule has 1 aliphatic heterocycles. The molecule has 0 radical (unpaired) electrons. The van der Waals surface area contributed by atoms with Gasteiger partial charge < -0.3 is 14.9 Å². The Morgan fingerprint density at radius 1 is 1.00 bits per heavy atom. The highest BCUT2D eigenvalue weighted by Gasteiger charge is 2.40. The fourth-order valence-corrected chi connectivity index (χ4v) is 3.05. The molecule has 0 amide bonds. The summed E-state index contributed by atoms with van der Waals surface area (Å²) < 4.78 is 5.70.